The van der Waals surface area contributed by atoms with Crippen molar-refractivity contribution >= 4 is 34.6 Å². The molecule has 4 nitrogen and oxygen atoms in total. The number of aryl methyl sites for hydroxylation is 1. The van der Waals surface area contributed by atoms with Gasteiger partial charge in [0.05, 0.1) is 0 Å². The SMILES string of the molecule is Cc1ccc(Cl)cc1Nc1cc(N(C)c2ccccc2)ncn1. The number of aromatic nitrogens is 2. The second-order valence-electron chi connectivity index (χ2n) is 5.24. The largest absolute Gasteiger partial charge is 0.340 e. The van der Waals surface area contributed by atoms with Crippen LogP contribution >= 0.6 is 11.6 Å². The van der Waals surface area contributed by atoms with Crippen LogP contribution in [0.4, 0.5) is 23.0 Å². The van der Waals surface area contributed by atoms with Crippen molar-refractivity contribution < 1.29 is 0 Å². The average molecular weight is 325 g/mol. The highest BCUT2D eigenvalue weighted by molar-refractivity contribution is 6.30. The molecule has 0 fully saturated rings. The fourth-order valence-electron chi connectivity index (χ4n) is 2.25. The van der Waals surface area contributed by atoms with E-state index in [4.69, 9.17) is 11.6 Å². The van der Waals surface area contributed by atoms with E-state index in [1.807, 2.05) is 73.5 Å². The number of rotatable bonds is 4. The topological polar surface area (TPSA) is 41.0 Å². The van der Waals surface area contributed by atoms with Crippen LogP contribution in [0.3, 0.4) is 0 Å². The average Bonchev–Trinajstić information content (AvgIpc) is 2.58. The van der Waals surface area contributed by atoms with Crippen molar-refractivity contribution in [2.45, 2.75) is 6.92 Å². The minimum Gasteiger partial charge on any atom is -0.340 e. The molecule has 1 heterocycles. The van der Waals surface area contributed by atoms with Crippen molar-refractivity contribution in [1.29, 1.82) is 0 Å². The Bertz CT molecular complexity index is 805. The highest BCUT2D eigenvalue weighted by Gasteiger charge is 2.07. The van der Waals surface area contributed by atoms with Crippen LogP contribution in [-0.2, 0) is 0 Å². The van der Waals surface area contributed by atoms with Crippen LogP contribution in [0.25, 0.3) is 0 Å². The number of hydrogen-bond donors (Lipinski definition) is 1. The van der Waals surface area contributed by atoms with Crippen molar-refractivity contribution in [3.05, 3.63) is 71.5 Å². The lowest BCUT2D eigenvalue weighted by atomic mass is 10.2. The molecule has 116 valence electrons. The van der Waals surface area contributed by atoms with Crippen LogP contribution in [0.5, 0.6) is 0 Å². The van der Waals surface area contributed by atoms with E-state index in [0.717, 1.165) is 28.6 Å². The van der Waals surface area contributed by atoms with Crippen molar-refractivity contribution in [3.63, 3.8) is 0 Å². The molecule has 2 aromatic carbocycles. The molecule has 0 atom stereocenters. The van der Waals surface area contributed by atoms with E-state index in [1.54, 1.807) is 6.33 Å². The van der Waals surface area contributed by atoms with Crippen molar-refractivity contribution in [3.8, 4) is 0 Å². The molecule has 0 aliphatic heterocycles. The third kappa shape index (κ3) is 3.60. The van der Waals surface area contributed by atoms with E-state index in [2.05, 4.69) is 15.3 Å². The van der Waals surface area contributed by atoms with Crippen LogP contribution in [0.15, 0.2) is 60.9 Å². The predicted octanol–water partition coefficient (Wildman–Crippen LogP) is 4.95. The van der Waals surface area contributed by atoms with E-state index in [0.29, 0.717) is 5.02 Å². The molecule has 3 rings (SSSR count). The molecule has 23 heavy (non-hydrogen) atoms. The molecule has 1 N–H and O–H groups in total. The van der Waals surface area contributed by atoms with E-state index in [-0.39, 0.29) is 0 Å². The Morgan fingerprint density at radius 3 is 2.57 bits per heavy atom. The van der Waals surface area contributed by atoms with Crippen molar-refractivity contribution in [2.75, 3.05) is 17.3 Å². The van der Waals surface area contributed by atoms with Crippen LogP contribution in [0.2, 0.25) is 5.02 Å². The number of hydrogen-bond acceptors (Lipinski definition) is 4. The molecule has 5 heteroatoms. The zero-order chi connectivity index (χ0) is 16.2. The molecule has 0 aliphatic rings. The van der Waals surface area contributed by atoms with E-state index in [1.165, 1.54) is 0 Å². The van der Waals surface area contributed by atoms with E-state index >= 15 is 0 Å². The Balaban J connectivity index is 1.87. The third-order valence-corrected chi connectivity index (χ3v) is 3.84. The minimum atomic E-state index is 0.689. The molecule has 0 aliphatic carbocycles. The Morgan fingerprint density at radius 1 is 1.00 bits per heavy atom. The normalized spacial score (nSPS) is 10.4. The first-order valence-corrected chi connectivity index (χ1v) is 7.65. The molecular weight excluding hydrogens is 308 g/mol. The first kappa shape index (κ1) is 15.3. The van der Waals surface area contributed by atoms with Gasteiger partial charge in [0.2, 0.25) is 0 Å². The fraction of sp³-hybridized carbons (Fsp3) is 0.111. The Labute approximate surface area is 140 Å². The zero-order valence-corrected chi connectivity index (χ0v) is 13.7. The lowest BCUT2D eigenvalue weighted by Gasteiger charge is -2.19. The molecule has 0 amide bonds. The smallest absolute Gasteiger partial charge is 0.138 e. The summed E-state index contributed by atoms with van der Waals surface area (Å²) in [6.07, 6.45) is 1.55. The summed E-state index contributed by atoms with van der Waals surface area (Å²) in [4.78, 5) is 10.6. The summed E-state index contributed by atoms with van der Waals surface area (Å²) in [5.74, 6) is 1.54. The van der Waals surface area contributed by atoms with Gasteiger partial charge in [0, 0.05) is 29.5 Å². The molecule has 0 saturated carbocycles. The summed E-state index contributed by atoms with van der Waals surface area (Å²) in [5, 5.41) is 3.99. The molecule has 1 aromatic heterocycles. The fourth-order valence-corrected chi connectivity index (χ4v) is 2.42. The second-order valence-corrected chi connectivity index (χ2v) is 5.68. The van der Waals surface area contributed by atoms with Gasteiger partial charge in [-0.1, -0.05) is 35.9 Å². The summed E-state index contributed by atoms with van der Waals surface area (Å²) in [5.41, 5.74) is 3.10. The van der Waals surface area contributed by atoms with E-state index < -0.39 is 0 Å². The first-order chi connectivity index (χ1) is 11.1. The number of para-hydroxylation sites is 1. The lowest BCUT2D eigenvalue weighted by molar-refractivity contribution is 1.08. The maximum absolute atomic E-state index is 6.06. The summed E-state index contributed by atoms with van der Waals surface area (Å²) in [6, 6.07) is 17.7. The number of anilines is 4. The minimum absolute atomic E-state index is 0.689. The van der Waals surface area contributed by atoms with Gasteiger partial charge in [-0.2, -0.15) is 0 Å². The number of halogens is 1. The van der Waals surface area contributed by atoms with Gasteiger partial charge in [0.1, 0.15) is 18.0 Å². The first-order valence-electron chi connectivity index (χ1n) is 7.27. The highest BCUT2D eigenvalue weighted by atomic mass is 35.5. The molecule has 0 unspecified atom stereocenters. The van der Waals surface area contributed by atoms with Gasteiger partial charge in [0.15, 0.2) is 0 Å². The van der Waals surface area contributed by atoms with Gasteiger partial charge in [-0.3, -0.25) is 0 Å². The van der Waals surface area contributed by atoms with Gasteiger partial charge in [-0.05, 0) is 36.8 Å². The Morgan fingerprint density at radius 2 is 1.78 bits per heavy atom. The Kier molecular flexibility index (Phi) is 4.44. The van der Waals surface area contributed by atoms with Gasteiger partial charge in [-0.15, -0.1) is 0 Å². The molecule has 0 saturated heterocycles. The molecule has 0 spiro atoms. The monoisotopic (exact) mass is 324 g/mol. The Hall–Kier alpha value is -2.59. The van der Waals surface area contributed by atoms with Gasteiger partial charge in [-0.25, -0.2) is 9.97 Å². The standard InChI is InChI=1S/C18H17ClN4/c1-13-8-9-14(19)10-16(13)22-17-11-18(21-12-20-17)23(2)15-6-4-3-5-7-15/h3-12H,1-2H3,(H,20,21,22). The molecular formula is C18H17ClN4. The van der Waals surface area contributed by atoms with Crippen molar-refractivity contribution in [2.24, 2.45) is 0 Å². The number of nitrogens with zero attached hydrogens (tertiary/aromatic N) is 3. The van der Waals surface area contributed by atoms with Crippen LogP contribution in [0.1, 0.15) is 5.56 Å². The number of nitrogens with one attached hydrogen (secondary N) is 1. The summed E-state index contributed by atoms with van der Waals surface area (Å²) in [6.45, 7) is 2.02. The van der Waals surface area contributed by atoms with E-state index in [9.17, 15) is 0 Å². The van der Waals surface area contributed by atoms with Gasteiger partial charge < -0.3 is 10.2 Å². The predicted molar refractivity (Wildman–Crippen MR) is 96.0 cm³/mol. The number of benzene rings is 2. The van der Waals surface area contributed by atoms with Crippen LogP contribution < -0.4 is 10.2 Å². The molecule has 0 bridgehead atoms. The van der Waals surface area contributed by atoms with Crippen LogP contribution in [-0.4, -0.2) is 17.0 Å². The summed E-state index contributed by atoms with van der Waals surface area (Å²) >= 11 is 6.06. The van der Waals surface area contributed by atoms with Gasteiger partial charge in [0.25, 0.3) is 0 Å². The summed E-state index contributed by atoms with van der Waals surface area (Å²) < 4.78 is 0. The molecule has 0 radical (unpaired) electrons. The third-order valence-electron chi connectivity index (χ3n) is 3.60. The highest BCUT2D eigenvalue weighted by Crippen LogP contribution is 2.26. The molecule has 3 aromatic rings. The summed E-state index contributed by atoms with van der Waals surface area (Å²) in [7, 11) is 1.98. The maximum atomic E-state index is 6.06. The van der Waals surface area contributed by atoms with Gasteiger partial charge >= 0.3 is 0 Å². The second kappa shape index (κ2) is 6.67. The zero-order valence-electron chi connectivity index (χ0n) is 13.0. The van der Waals surface area contributed by atoms with Crippen molar-refractivity contribution in [1.82, 2.24) is 9.97 Å². The van der Waals surface area contributed by atoms with Crippen LogP contribution in [0, 0.1) is 6.92 Å². The lowest BCUT2D eigenvalue weighted by Crippen LogP contribution is -2.11. The maximum Gasteiger partial charge on any atom is 0.138 e. The quantitative estimate of drug-likeness (QED) is 0.737.